The lowest BCUT2D eigenvalue weighted by Gasteiger charge is -2.33. The van der Waals surface area contributed by atoms with E-state index in [0.717, 1.165) is 11.8 Å². The summed E-state index contributed by atoms with van der Waals surface area (Å²) in [6.45, 7) is 2.75. The van der Waals surface area contributed by atoms with E-state index in [1.807, 2.05) is 73.7 Å². The number of nitrogens with zero attached hydrogens (tertiary/aromatic N) is 1. The van der Waals surface area contributed by atoms with Crippen molar-refractivity contribution in [2.75, 3.05) is 18.0 Å². The van der Waals surface area contributed by atoms with Gasteiger partial charge in [0.15, 0.2) is 11.9 Å². The summed E-state index contributed by atoms with van der Waals surface area (Å²) < 4.78 is 18.0. The number of anilines is 1. The Labute approximate surface area is 203 Å². The van der Waals surface area contributed by atoms with Gasteiger partial charge in [-0.25, -0.2) is 0 Å². The van der Waals surface area contributed by atoms with Crippen molar-refractivity contribution in [2.24, 2.45) is 0 Å². The summed E-state index contributed by atoms with van der Waals surface area (Å²) in [5.74, 6) is 0.752. The Hall–Kier alpha value is -4.26. The lowest BCUT2D eigenvalue weighted by Crippen LogP contribution is -2.51. The van der Waals surface area contributed by atoms with Crippen LogP contribution in [0.1, 0.15) is 29.5 Å². The first kappa shape index (κ1) is 22.5. The largest absolute Gasteiger partial charge is 0.489 e. The number of furan rings is 1. The third-order valence-electron chi connectivity index (χ3n) is 5.88. The molecule has 4 aromatic rings. The van der Waals surface area contributed by atoms with Crippen molar-refractivity contribution < 1.29 is 23.5 Å². The van der Waals surface area contributed by atoms with E-state index in [-0.39, 0.29) is 30.7 Å². The molecular formula is C28H26N2O5. The highest BCUT2D eigenvalue weighted by atomic mass is 16.5. The van der Waals surface area contributed by atoms with E-state index in [1.165, 1.54) is 0 Å². The molecule has 2 amide bonds. The highest BCUT2D eigenvalue weighted by Crippen LogP contribution is 2.36. The van der Waals surface area contributed by atoms with E-state index < -0.39 is 6.10 Å². The van der Waals surface area contributed by atoms with Crippen LogP contribution in [0.15, 0.2) is 83.3 Å². The van der Waals surface area contributed by atoms with Crippen LogP contribution in [0.2, 0.25) is 0 Å². The lowest BCUT2D eigenvalue weighted by atomic mass is 10.1. The van der Waals surface area contributed by atoms with Gasteiger partial charge in [0, 0.05) is 17.5 Å². The predicted octanol–water partition coefficient (Wildman–Crippen LogP) is 4.95. The van der Waals surface area contributed by atoms with Crippen LogP contribution in [0, 0.1) is 0 Å². The number of rotatable bonds is 7. The molecule has 0 bridgehead atoms. The third kappa shape index (κ3) is 4.57. The summed E-state index contributed by atoms with van der Waals surface area (Å²) in [4.78, 5) is 28.2. The standard InChI is InChI=1S/C28H26N2O5/c1-2-16-29-27(31)25-17-30(22-13-7-9-15-24(22)34-25)28(32)26-21(18-33-19-10-4-3-5-11-19)20-12-6-8-14-23(20)35-26/h3-15,25H,2,16-18H2,1H3,(H,29,31). The SMILES string of the molecule is CCCNC(=O)C1CN(C(=O)c2oc3ccccc3c2COc2ccccc2)c2ccccc2O1. The van der Waals surface area contributed by atoms with E-state index in [1.54, 1.807) is 17.0 Å². The average molecular weight is 471 g/mol. The van der Waals surface area contributed by atoms with Crippen LogP contribution in [0.25, 0.3) is 11.0 Å². The van der Waals surface area contributed by atoms with Gasteiger partial charge in [0.05, 0.1) is 12.2 Å². The fraction of sp³-hybridized carbons (Fsp3) is 0.214. The number of ether oxygens (including phenoxy) is 2. The maximum absolute atomic E-state index is 13.9. The highest BCUT2D eigenvalue weighted by Gasteiger charge is 2.36. The normalized spacial score (nSPS) is 14.8. The quantitative estimate of drug-likeness (QED) is 0.414. The summed E-state index contributed by atoms with van der Waals surface area (Å²) in [5.41, 5.74) is 1.85. The number of nitrogens with one attached hydrogen (secondary N) is 1. The molecule has 0 spiro atoms. The Kier molecular flexibility index (Phi) is 6.39. The van der Waals surface area contributed by atoms with Gasteiger partial charge in [-0.3, -0.25) is 14.5 Å². The summed E-state index contributed by atoms with van der Waals surface area (Å²) in [6, 6.07) is 24.1. The molecule has 1 aromatic heterocycles. The first-order valence-electron chi connectivity index (χ1n) is 11.7. The molecular weight excluding hydrogens is 444 g/mol. The molecule has 5 rings (SSSR count). The number of hydrogen-bond acceptors (Lipinski definition) is 5. The van der Waals surface area contributed by atoms with Crippen molar-refractivity contribution >= 4 is 28.5 Å². The molecule has 1 atom stereocenters. The maximum Gasteiger partial charge on any atom is 0.294 e. The fourth-order valence-electron chi connectivity index (χ4n) is 4.13. The minimum absolute atomic E-state index is 0.0709. The van der Waals surface area contributed by atoms with Crippen LogP contribution in [0.4, 0.5) is 5.69 Å². The molecule has 1 unspecified atom stereocenters. The van der Waals surface area contributed by atoms with Gasteiger partial charge in [-0.15, -0.1) is 0 Å². The second-order valence-electron chi connectivity index (χ2n) is 8.29. The van der Waals surface area contributed by atoms with Gasteiger partial charge in [0.2, 0.25) is 0 Å². The van der Waals surface area contributed by atoms with Crippen LogP contribution in [0.5, 0.6) is 11.5 Å². The van der Waals surface area contributed by atoms with Crippen molar-refractivity contribution in [1.29, 1.82) is 0 Å². The lowest BCUT2D eigenvalue weighted by molar-refractivity contribution is -0.127. The molecule has 0 aliphatic carbocycles. The van der Waals surface area contributed by atoms with Gasteiger partial charge in [-0.2, -0.15) is 0 Å². The molecule has 7 heteroatoms. The second kappa shape index (κ2) is 9.93. The van der Waals surface area contributed by atoms with Crippen LogP contribution in [-0.2, 0) is 11.4 Å². The number of amides is 2. The first-order chi connectivity index (χ1) is 17.2. The van der Waals surface area contributed by atoms with E-state index in [0.29, 0.717) is 34.9 Å². The predicted molar refractivity (Wildman–Crippen MR) is 133 cm³/mol. The Bertz CT molecular complexity index is 1350. The van der Waals surface area contributed by atoms with Crippen molar-refractivity contribution in [3.05, 3.63) is 90.2 Å². The summed E-state index contributed by atoms with van der Waals surface area (Å²) in [5, 5.41) is 3.67. The Balaban J connectivity index is 1.50. The van der Waals surface area contributed by atoms with Crippen LogP contribution >= 0.6 is 0 Å². The van der Waals surface area contributed by atoms with E-state index in [4.69, 9.17) is 13.9 Å². The molecule has 0 fully saturated rings. The van der Waals surface area contributed by atoms with Gasteiger partial charge in [-0.1, -0.05) is 55.5 Å². The first-order valence-corrected chi connectivity index (χ1v) is 11.7. The van der Waals surface area contributed by atoms with Crippen molar-refractivity contribution in [2.45, 2.75) is 26.1 Å². The number of benzene rings is 3. The molecule has 2 heterocycles. The number of hydrogen-bond donors (Lipinski definition) is 1. The average Bonchev–Trinajstić information content (AvgIpc) is 3.28. The van der Waals surface area contributed by atoms with Crippen LogP contribution < -0.4 is 19.7 Å². The highest BCUT2D eigenvalue weighted by molar-refractivity contribution is 6.09. The molecule has 0 radical (unpaired) electrons. The molecule has 0 saturated heterocycles. The molecule has 1 N–H and O–H groups in total. The van der Waals surface area contributed by atoms with Crippen LogP contribution in [-0.4, -0.2) is 31.0 Å². The summed E-state index contributed by atoms with van der Waals surface area (Å²) in [7, 11) is 0. The molecule has 3 aromatic carbocycles. The molecule has 7 nitrogen and oxygen atoms in total. The molecule has 178 valence electrons. The zero-order valence-corrected chi connectivity index (χ0v) is 19.4. The number of carbonyl (C=O) groups excluding carboxylic acids is 2. The number of carbonyl (C=O) groups is 2. The van der Waals surface area contributed by atoms with Crippen molar-refractivity contribution in [1.82, 2.24) is 5.32 Å². The van der Waals surface area contributed by atoms with Gasteiger partial charge < -0.3 is 19.2 Å². The third-order valence-corrected chi connectivity index (χ3v) is 5.88. The zero-order chi connectivity index (χ0) is 24.2. The Morgan fingerprint density at radius 1 is 1.00 bits per heavy atom. The summed E-state index contributed by atoms with van der Waals surface area (Å²) >= 11 is 0. The number of para-hydroxylation sites is 4. The van der Waals surface area contributed by atoms with E-state index in [9.17, 15) is 9.59 Å². The fourth-order valence-corrected chi connectivity index (χ4v) is 4.13. The second-order valence-corrected chi connectivity index (χ2v) is 8.29. The van der Waals surface area contributed by atoms with Gasteiger partial charge in [0.25, 0.3) is 11.8 Å². The van der Waals surface area contributed by atoms with E-state index in [2.05, 4.69) is 5.32 Å². The Morgan fingerprint density at radius 2 is 1.74 bits per heavy atom. The monoisotopic (exact) mass is 470 g/mol. The maximum atomic E-state index is 13.9. The molecule has 35 heavy (non-hydrogen) atoms. The Morgan fingerprint density at radius 3 is 2.57 bits per heavy atom. The molecule has 1 aliphatic heterocycles. The number of fused-ring (bicyclic) bond motifs is 2. The van der Waals surface area contributed by atoms with Gasteiger partial charge >= 0.3 is 0 Å². The van der Waals surface area contributed by atoms with Gasteiger partial charge in [0.1, 0.15) is 23.7 Å². The zero-order valence-electron chi connectivity index (χ0n) is 19.4. The van der Waals surface area contributed by atoms with Crippen molar-refractivity contribution in [3.63, 3.8) is 0 Å². The molecule has 1 aliphatic rings. The van der Waals surface area contributed by atoms with Crippen LogP contribution in [0.3, 0.4) is 0 Å². The topological polar surface area (TPSA) is 81.0 Å². The molecule has 0 saturated carbocycles. The van der Waals surface area contributed by atoms with Crippen molar-refractivity contribution in [3.8, 4) is 11.5 Å². The smallest absolute Gasteiger partial charge is 0.294 e. The van der Waals surface area contributed by atoms with E-state index >= 15 is 0 Å². The minimum Gasteiger partial charge on any atom is -0.489 e. The minimum atomic E-state index is -0.825. The van der Waals surface area contributed by atoms with Gasteiger partial charge in [-0.05, 0) is 36.8 Å². The summed E-state index contributed by atoms with van der Waals surface area (Å²) in [6.07, 6.45) is -0.0182.